The van der Waals surface area contributed by atoms with Gasteiger partial charge in [0.15, 0.2) is 11.5 Å². The molecular weight excluding hydrogens is 448 g/mol. The van der Waals surface area contributed by atoms with Crippen molar-refractivity contribution in [2.24, 2.45) is 5.73 Å². The molecular formula is C23H31ClN4O5. The molecule has 9 nitrogen and oxygen atoms in total. The van der Waals surface area contributed by atoms with E-state index in [2.05, 4.69) is 29.4 Å². The number of likely N-dealkylation sites (N-methyl/N-ethyl adjacent to an activating group) is 1. The number of phenols is 2. The van der Waals surface area contributed by atoms with Crippen molar-refractivity contribution in [2.45, 2.75) is 26.3 Å². The molecule has 2 aromatic carbocycles. The first-order valence-corrected chi connectivity index (χ1v) is 11.0. The standard InChI is InChI=1S/C23H31ClN4O5/c1-4-28(5-2)9-8-26-22(31)15-12-16(24)18(13-21(15)33-3)27-23(32)17(25)10-14-6-7-19(29)20(30)11-14/h6-7,11-13,17,29-30H,4-5,8-10,25H2,1-3H3,(H,26,31)(H,27,32)/t17-/m0/s1. The van der Waals surface area contributed by atoms with Crippen molar-refractivity contribution in [1.29, 1.82) is 0 Å². The Labute approximate surface area is 198 Å². The van der Waals surface area contributed by atoms with Crippen molar-refractivity contribution in [2.75, 3.05) is 38.6 Å². The molecule has 2 rings (SSSR count). The number of nitrogens with one attached hydrogen (secondary N) is 2. The van der Waals surface area contributed by atoms with Gasteiger partial charge < -0.3 is 36.2 Å². The number of phenolic OH excluding ortho intramolecular Hbond substituents is 2. The highest BCUT2D eigenvalue weighted by Gasteiger charge is 2.20. The van der Waals surface area contributed by atoms with Crippen LogP contribution < -0.4 is 21.1 Å². The number of carbonyl (C=O) groups excluding carboxylic acids is 2. The Hall–Kier alpha value is -3.01. The van der Waals surface area contributed by atoms with Crippen LogP contribution in [0.1, 0.15) is 29.8 Å². The third-order valence-corrected chi connectivity index (χ3v) is 5.54. The van der Waals surface area contributed by atoms with Crippen molar-refractivity contribution in [1.82, 2.24) is 10.2 Å². The van der Waals surface area contributed by atoms with Crippen molar-refractivity contribution in [3.63, 3.8) is 0 Å². The molecule has 0 unspecified atom stereocenters. The number of nitrogens with two attached hydrogens (primary N) is 1. The van der Waals surface area contributed by atoms with Gasteiger partial charge in [0.2, 0.25) is 5.91 Å². The highest BCUT2D eigenvalue weighted by molar-refractivity contribution is 6.34. The molecule has 0 heterocycles. The zero-order valence-electron chi connectivity index (χ0n) is 19.0. The summed E-state index contributed by atoms with van der Waals surface area (Å²) in [5, 5.41) is 24.7. The molecule has 6 N–H and O–H groups in total. The van der Waals surface area contributed by atoms with E-state index in [1.807, 2.05) is 0 Å². The summed E-state index contributed by atoms with van der Waals surface area (Å²) in [6.07, 6.45) is 0.126. The lowest BCUT2D eigenvalue weighted by Gasteiger charge is -2.19. The van der Waals surface area contributed by atoms with Gasteiger partial charge >= 0.3 is 0 Å². The number of benzene rings is 2. The zero-order valence-corrected chi connectivity index (χ0v) is 19.8. The van der Waals surface area contributed by atoms with Gasteiger partial charge in [-0.1, -0.05) is 31.5 Å². The third-order valence-electron chi connectivity index (χ3n) is 5.23. The van der Waals surface area contributed by atoms with Gasteiger partial charge in [0, 0.05) is 19.2 Å². The van der Waals surface area contributed by atoms with Crippen molar-refractivity contribution in [3.05, 3.63) is 46.5 Å². The average molecular weight is 479 g/mol. The Morgan fingerprint density at radius 1 is 1.15 bits per heavy atom. The smallest absolute Gasteiger partial charge is 0.255 e. The average Bonchev–Trinajstić information content (AvgIpc) is 2.79. The molecule has 0 aliphatic carbocycles. The van der Waals surface area contributed by atoms with Crippen LogP contribution >= 0.6 is 11.6 Å². The summed E-state index contributed by atoms with van der Waals surface area (Å²) in [6, 6.07) is 6.19. The minimum absolute atomic E-state index is 0.126. The lowest BCUT2D eigenvalue weighted by atomic mass is 10.0. The number of hydrogen-bond acceptors (Lipinski definition) is 7. The van der Waals surface area contributed by atoms with Crippen molar-refractivity contribution < 1.29 is 24.5 Å². The fraction of sp³-hybridized carbons (Fsp3) is 0.391. The number of hydrogen-bond donors (Lipinski definition) is 5. The second kappa shape index (κ2) is 12.3. The summed E-state index contributed by atoms with van der Waals surface area (Å²) in [4.78, 5) is 27.4. The van der Waals surface area contributed by atoms with E-state index in [9.17, 15) is 19.8 Å². The Morgan fingerprint density at radius 2 is 1.85 bits per heavy atom. The number of nitrogens with zero attached hydrogens (tertiary/aromatic N) is 1. The van der Waals surface area contributed by atoms with Gasteiger partial charge in [-0.05, 0) is 43.3 Å². The molecule has 0 aliphatic rings. The quantitative estimate of drug-likeness (QED) is 0.312. The second-order valence-corrected chi connectivity index (χ2v) is 7.85. The SMILES string of the molecule is CCN(CC)CCNC(=O)c1cc(Cl)c(NC(=O)[C@@H](N)Cc2ccc(O)c(O)c2)cc1OC. The van der Waals surface area contributed by atoms with Crippen LogP contribution in [0.25, 0.3) is 0 Å². The summed E-state index contributed by atoms with van der Waals surface area (Å²) in [5.74, 6) is -1.13. The molecule has 2 aromatic rings. The van der Waals surface area contributed by atoms with E-state index in [-0.39, 0.29) is 45.9 Å². The summed E-state index contributed by atoms with van der Waals surface area (Å²) in [7, 11) is 1.42. The monoisotopic (exact) mass is 478 g/mol. The first kappa shape index (κ1) is 26.2. The van der Waals surface area contributed by atoms with Gasteiger partial charge in [0.05, 0.1) is 29.4 Å². The number of aromatic hydroxyl groups is 2. The maximum atomic E-state index is 12.6. The number of ether oxygens (including phenoxy) is 1. The summed E-state index contributed by atoms with van der Waals surface area (Å²) in [6.45, 7) is 7.10. The van der Waals surface area contributed by atoms with Gasteiger partial charge in [0.1, 0.15) is 5.75 Å². The van der Waals surface area contributed by atoms with Gasteiger partial charge in [-0.2, -0.15) is 0 Å². The Kier molecular flexibility index (Phi) is 9.77. The van der Waals surface area contributed by atoms with Crippen LogP contribution in [0.15, 0.2) is 30.3 Å². The minimum atomic E-state index is -0.945. The van der Waals surface area contributed by atoms with Gasteiger partial charge in [-0.25, -0.2) is 0 Å². The van der Waals surface area contributed by atoms with Crippen LogP contribution in [0.3, 0.4) is 0 Å². The molecule has 0 bridgehead atoms. The Bertz CT molecular complexity index is 982. The van der Waals surface area contributed by atoms with E-state index >= 15 is 0 Å². The number of rotatable bonds is 11. The van der Waals surface area contributed by atoms with E-state index in [1.165, 1.54) is 31.4 Å². The predicted molar refractivity (Wildman–Crippen MR) is 128 cm³/mol. The van der Waals surface area contributed by atoms with Crippen molar-refractivity contribution >= 4 is 29.1 Å². The number of anilines is 1. The molecule has 0 aromatic heterocycles. The molecule has 2 amide bonds. The van der Waals surface area contributed by atoms with E-state index in [1.54, 1.807) is 6.07 Å². The van der Waals surface area contributed by atoms with Gasteiger partial charge in [0.25, 0.3) is 5.91 Å². The predicted octanol–water partition coefficient (Wildman–Crippen LogP) is 2.34. The van der Waals surface area contributed by atoms with Crippen LogP contribution in [0.5, 0.6) is 17.2 Å². The van der Waals surface area contributed by atoms with Crippen LogP contribution in [-0.2, 0) is 11.2 Å². The minimum Gasteiger partial charge on any atom is -0.504 e. The molecule has 180 valence electrons. The first-order valence-electron chi connectivity index (χ1n) is 10.6. The highest BCUT2D eigenvalue weighted by Crippen LogP contribution is 2.31. The lowest BCUT2D eigenvalue weighted by Crippen LogP contribution is -2.37. The number of halogens is 1. The topological polar surface area (TPSA) is 137 Å². The van der Waals surface area contributed by atoms with Crippen LogP contribution in [0.2, 0.25) is 5.02 Å². The molecule has 0 aliphatic heterocycles. The van der Waals surface area contributed by atoms with Gasteiger partial charge in [-0.3, -0.25) is 9.59 Å². The van der Waals surface area contributed by atoms with E-state index in [4.69, 9.17) is 22.1 Å². The van der Waals surface area contributed by atoms with Crippen molar-refractivity contribution in [3.8, 4) is 17.2 Å². The largest absolute Gasteiger partial charge is 0.504 e. The molecule has 0 saturated carbocycles. The molecule has 33 heavy (non-hydrogen) atoms. The molecule has 0 fully saturated rings. The molecule has 1 atom stereocenters. The first-order chi connectivity index (χ1) is 15.7. The number of carbonyl (C=O) groups is 2. The molecule has 0 radical (unpaired) electrons. The summed E-state index contributed by atoms with van der Waals surface area (Å²) < 4.78 is 5.33. The van der Waals surface area contributed by atoms with E-state index in [0.717, 1.165) is 19.6 Å². The highest BCUT2D eigenvalue weighted by atomic mass is 35.5. The number of amides is 2. The fourth-order valence-electron chi connectivity index (χ4n) is 3.23. The van der Waals surface area contributed by atoms with Crippen LogP contribution in [-0.4, -0.2) is 66.3 Å². The molecule has 0 spiro atoms. The van der Waals surface area contributed by atoms with Gasteiger partial charge in [-0.15, -0.1) is 0 Å². The molecule has 10 heteroatoms. The number of methoxy groups -OCH3 is 1. The third kappa shape index (κ3) is 7.24. The zero-order chi connectivity index (χ0) is 24.5. The Balaban J connectivity index is 2.07. The lowest BCUT2D eigenvalue weighted by molar-refractivity contribution is -0.117. The maximum Gasteiger partial charge on any atom is 0.255 e. The Morgan fingerprint density at radius 3 is 2.45 bits per heavy atom. The summed E-state index contributed by atoms with van der Waals surface area (Å²) >= 11 is 6.32. The molecule has 0 saturated heterocycles. The van der Waals surface area contributed by atoms with Crippen LogP contribution in [0, 0.1) is 0 Å². The maximum absolute atomic E-state index is 12.6. The normalized spacial score (nSPS) is 11.8. The summed E-state index contributed by atoms with van der Waals surface area (Å²) in [5.41, 5.74) is 7.07. The van der Waals surface area contributed by atoms with E-state index in [0.29, 0.717) is 12.1 Å². The van der Waals surface area contributed by atoms with E-state index < -0.39 is 11.9 Å². The van der Waals surface area contributed by atoms with Crippen LogP contribution in [0.4, 0.5) is 5.69 Å². The fourth-order valence-corrected chi connectivity index (χ4v) is 3.44. The second-order valence-electron chi connectivity index (χ2n) is 7.44.